The molecule has 12 heavy (non-hydrogen) atoms. The molecular formula is C11H11N. The van der Waals surface area contributed by atoms with Crippen LogP contribution in [-0.2, 0) is 0 Å². The van der Waals surface area contributed by atoms with Crippen LogP contribution in [0.25, 0.3) is 0 Å². The van der Waals surface area contributed by atoms with E-state index in [1.807, 2.05) is 6.08 Å². The maximum absolute atomic E-state index is 4.31. The Bertz CT molecular complexity index is 325. The summed E-state index contributed by atoms with van der Waals surface area (Å²) in [4.78, 5) is 4.31. The fourth-order valence-electron chi connectivity index (χ4n) is 1.53. The van der Waals surface area contributed by atoms with Crippen molar-refractivity contribution in [2.24, 2.45) is 16.8 Å². The summed E-state index contributed by atoms with van der Waals surface area (Å²) in [6.45, 7) is 2.19. The van der Waals surface area contributed by atoms with E-state index in [1.54, 1.807) is 6.20 Å². The summed E-state index contributed by atoms with van der Waals surface area (Å²) in [5, 5.41) is 0. The molecule has 0 aromatic rings. The van der Waals surface area contributed by atoms with Crippen LogP contribution >= 0.6 is 0 Å². The Hall–Kier alpha value is -1.33. The highest BCUT2D eigenvalue weighted by molar-refractivity contribution is 6.00. The predicted octanol–water partition coefficient (Wildman–Crippen LogP) is 2.49. The zero-order valence-corrected chi connectivity index (χ0v) is 7.07. The molecule has 0 N–H and O–H groups in total. The quantitative estimate of drug-likeness (QED) is 0.479. The number of allylic oxidation sites excluding steroid dienone is 5. The normalized spacial score (nSPS) is 31.2. The Morgan fingerprint density at radius 2 is 2.33 bits per heavy atom. The molecule has 2 aliphatic rings. The van der Waals surface area contributed by atoms with Gasteiger partial charge in [-0.2, -0.15) is 0 Å². The van der Waals surface area contributed by atoms with E-state index < -0.39 is 0 Å². The van der Waals surface area contributed by atoms with Gasteiger partial charge < -0.3 is 0 Å². The van der Waals surface area contributed by atoms with Crippen LogP contribution in [0, 0.1) is 11.8 Å². The van der Waals surface area contributed by atoms with E-state index in [-0.39, 0.29) is 0 Å². The third-order valence-corrected chi connectivity index (χ3v) is 2.25. The van der Waals surface area contributed by atoms with Crippen molar-refractivity contribution in [1.29, 1.82) is 0 Å². The topological polar surface area (TPSA) is 12.4 Å². The lowest BCUT2D eigenvalue weighted by atomic mass is 9.87. The Kier molecular flexibility index (Phi) is 1.81. The van der Waals surface area contributed by atoms with Crippen molar-refractivity contribution in [2.45, 2.75) is 6.92 Å². The van der Waals surface area contributed by atoms with Crippen molar-refractivity contribution in [3.8, 4) is 0 Å². The number of fused-ring (bicyclic) bond motifs is 1. The molecular weight excluding hydrogens is 146 g/mol. The lowest BCUT2D eigenvalue weighted by Crippen LogP contribution is -2.17. The molecule has 0 aromatic carbocycles. The zero-order valence-electron chi connectivity index (χ0n) is 7.07. The van der Waals surface area contributed by atoms with Gasteiger partial charge in [-0.3, -0.25) is 4.99 Å². The monoisotopic (exact) mass is 157 g/mol. The summed E-state index contributed by atoms with van der Waals surface area (Å²) < 4.78 is 0. The van der Waals surface area contributed by atoms with Crippen LogP contribution in [0.2, 0.25) is 0 Å². The molecule has 1 aliphatic heterocycles. The van der Waals surface area contributed by atoms with E-state index in [0.29, 0.717) is 11.8 Å². The van der Waals surface area contributed by atoms with Crippen LogP contribution in [-0.4, -0.2) is 5.71 Å². The maximum Gasteiger partial charge on any atom is 0.0687 e. The van der Waals surface area contributed by atoms with Gasteiger partial charge in [-0.25, -0.2) is 0 Å². The van der Waals surface area contributed by atoms with Gasteiger partial charge in [0.05, 0.1) is 6.20 Å². The second kappa shape index (κ2) is 2.96. The summed E-state index contributed by atoms with van der Waals surface area (Å²) in [7, 11) is 0. The molecule has 1 heterocycles. The average molecular weight is 157 g/mol. The van der Waals surface area contributed by atoms with Crippen molar-refractivity contribution in [2.75, 3.05) is 0 Å². The summed E-state index contributed by atoms with van der Waals surface area (Å²) in [6.07, 6.45) is 12.2. The van der Waals surface area contributed by atoms with E-state index >= 15 is 0 Å². The van der Waals surface area contributed by atoms with Crippen LogP contribution in [0.3, 0.4) is 0 Å². The van der Waals surface area contributed by atoms with E-state index in [0.717, 1.165) is 5.71 Å². The molecule has 0 fully saturated rings. The van der Waals surface area contributed by atoms with Crippen LogP contribution in [0.15, 0.2) is 47.3 Å². The molecule has 2 rings (SSSR count). The lowest BCUT2D eigenvalue weighted by Gasteiger charge is -2.18. The van der Waals surface area contributed by atoms with E-state index in [1.165, 1.54) is 0 Å². The Morgan fingerprint density at radius 3 is 3.25 bits per heavy atom. The average Bonchev–Trinajstić information content (AvgIpc) is 2.29. The minimum absolute atomic E-state index is 0.446. The Labute approximate surface area is 72.5 Å². The number of nitrogens with zero attached hydrogens (tertiary/aromatic N) is 1. The first-order chi connectivity index (χ1) is 5.88. The fraction of sp³-hybridized carbons (Fsp3) is 0.273. The smallest absolute Gasteiger partial charge is 0.0687 e. The van der Waals surface area contributed by atoms with Crippen molar-refractivity contribution in [3.63, 3.8) is 0 Å². The Morgan fingerprint density at radius 1 is 1.42 bits per heavy atom. The molecule has 1 heteroatoms. The van der Waals surface area contributed by atoms with Crippen molar-refractivity contribution < 1.29 is 0 Å². The molecule has 0 saturated heterocycles. The molecule has 2 atom stereocenters. The van der Waals surface area contributed by atoms with Crippen LogP contribution in [0.5, 0.6) is 0 Å². The van der Waals surface area contributed by atoms with Gasteiger partial charge in [0.25, 0.3) is 0 Å². The first kappa shape index (κ1) is 7.33. The van der Waals surface area contributed by atoms with Gasteiger partial charge >= 0.3 is 0 Å². The summed E-state index contributed by atoms with van der Waals surface area (Å²) in [5.74, 6) is 0.949. The van der Waals surface area contributed by atoms with Crippen molar-refractivity contribution in [1.82, 2.24) is 0 Å². The Balaban J connectivity index is 2.42. The molecule has 0 spiro atoms. The second-order valence-electron chi connectivity index (χ2n) is 3.15. The molecule has 0 aromatic heterocycles. The molecule has 60 valence electrons. The van der Waals surface area contributed by atoms with Crippen LogP contribution < -0.4 is 0 Å². The predicted molar refractivity (Wildman–Crippen MR) is 51.0 cm³/mol. The standard InChI is InChI=1S/C11H11N/c1-9-5-4-8-12-11-7-3-2-6-10(9)11/h2-3,5-10H,1H3. The molecule has 0 saturated carbocycles. The van der Waals surface area contributed by atoms with Gasteiger partial charge in [-0.1, -0.05) is 25.2 Å². The SMILES string of the molecule is CC1C=C=CN=C2C=CC=CC21. The third kappa shape index (κ3) is 1.19. The molecule has 1 aliphatic carbocycles. The minimum atomic E-state index is 0.446. The van der Waals surface area contributed by atoms with Gasteiger partial charge in [0.1, 0.15) is 0 Å². The first-order valence-electron chi connectivity index (χ1n) is 4.21. The highest BCUT2D eigenvalue weighted by atomic mass is 14.7. The minimum Gasteiger partial charge on any atom is -0.252 e. The highest BCUT2D eigenvalue weighted by Crippen LogP contribution is 2.21. The van der Waals surface area contributed by atoms with Gasteiger partial charge in [0.15, 0.2) is 0 Å². The largest absolute Gasteiger partial charge is 0.252 e. The van der Waals surface area contributed by atoms with Gasteiger partial charge in [0, 0.05) is 11.6 Å². The second-order valence-corrected chi connectivity index (χ2v) is 3.15. The molecule has 2 unspecified atom stereocenters. The van der Waals surface area contributed by atoms with Gasteiger partial charge in [-0.15, -0.1) is 5.73 Å². The summed E-state index contributed by atoms with van der Waals surface area (Å²) in [5.41, 5.74) is 4.19. The van der Waals surface area contributed by atoms with Gasteiger partial charge in [-0.05, 0) is 18.1 Å². The number of hydrogen-bond donors (Lipinski definition) is 0. The van der Waals surface area contributed by atoms with Crippen molar-refractivity contribution >= 4 is 5.71 Å². The molecule has 0 bridgehead atoms. The van der Waals surface area contributed by atoms with Gasteiger partial charge in [0.2, 0.25) is 0 Å². The number of rotatable bonds is 0. The number of hydrogen-bond acceptors (Lipinski definition) is 1. The van der Waals surface area contributed by atoms with E-state index in [9.17, 15) is 0 Å². The van der Waals surface area contributed by atoms with Crippen LogP contribution in [0.4, 0.5) is 0 Å². The third-order valence-electron chi connectivity index (χ3n) is 2.25. The molecule has 0 amide bonds. The van der Waals surface area contributed by atoms with E-state index in [2.05, 4.69) is 42.0 Å². The maximum atomic E-state index is 4.31. The van der Waals surface area contributed by atoms with E-state index in [4.69, 9.17) is 0 Å². The lowest BCUT2D eigenvalue weighted by molar-refractivity contribution is 0.646. The van der Waals surface area contributed by atoms with Crippen molar-refractivity contribution in [3.05, 3.63) is 42.3 Å². The summed E-state index contributed by atoms with van der Waals surface area (Å²) in [6, 6.07) is 0. The molecule has 1 nitrogen and oxygen atoms in total. The zero-order chi connectivity index (χ0) is 8.39. The molecule has 0 radical (unpaired) electrons. The first-order valence-corrected chi connectivity index (χ1v) is 4.21. The fourth-order valence-corrected chi connectivity index (χ4v) is 1.53. The highest BCUT2D eigenvalue weighted by Gasteiger charge is 2.18. The van der Waals surface area contributed by atoms with Crippen LogP contribution in [0.1, 0.15) is 6.92 Å². The number of aliphatic imine (C=N–C) groups is 1. The summed E-state index contributed by atoms with van der Waals surface area (Å²) >= 11 is 0.